The third kappa shape index (κ3) is 4.93. The van der Waals surface area contributed by atoms with Crippen LogP contribution in [-0.2, 0) is 0 Å². The van der Waals surface area contributed by atoms with E-state index < -0.39 is 5.97 Å². The van der Waals surface area contributed by atoms with E-state index in [1.807, 2.05) is 20.8 Å². The Morgan fingerprint density at radius 3 is 1.74 bits per heavy atom. The molecule has 1 aromatic rings. The number of benzene rings is 1. The minimum atomic E-state index is -1.28. The molecule has 0 unspecified atom stereocenters. The zero-order valence-electron chi connectivity index (χ0n) is 11.8. The topological polar surface area (TPSA) is 67.8 Å². The smallest absolute Gasteiger partial charge is 0.545 e. The summed E-state index contributed by atoms with van der Waals surface area (Å²) in [7, 11) is 0. The fourth-order valence-corrected chi connectivity index (χ4v) is 1.51. The van der Waals surface area contributed by atoms with E-state index in [-0.39, 0.29) is 35.1 Å². The summed E-state index contributed by atoms with van der Waals surface area (Å²) < 4.78 is 16.2. The molecule has 1 aromatic carbocycles. The van der Waals surface area contributed by atoms with Gasteiger partial charge in [0.15, 0.2) is 11.5 Å². The molecule has 0 fully saturated rings. The number of aromatic carboxylic acids is 1. The molecule has 0 amide bonds. The van der Waals surface area contributed by atoms with Gasteiger partial charge in [-0.15, -0.1) is 0 Å². The third-order valence-electron chi connectivity index (χ3n) is 2.14. The van der Waals surface area contributed by atoms with Crippen molar-refractivity contribution in [3.05, 3.63) is 17.7 Å². The second kappa shape index (κ2) is 9.07. The maximum atomic E-state index is 10.9. The zero-order valence-corrected chi connectivity index (χ0v) is 13.8. The van der Waals surface area contributed by atoms with Crippen molar-refractivity contribution >= 4 is 5.97 Å². The van der Waals surface area contributed by atoms with Crippen LogP contribution in [0.25, 0.3) is 0 Å². The van der Waals surface area contributed by atoms with E-state index in [1.54, 1.807) is 0 Å². The van der Waals surface area contributed by atoms with Crippen molar-refractivity contribution in [2.75, 3.05) is 19.8 Å². The van der Waals surface area contributed by atoms with Crippen LogP contribution in [0.2, 0.25) is 0 Å². The van der Waals surface area contributed by atoms with Crippen LogP contribution in [-0.4, -0.2) is 25.8 Å². The van der Waals surface area contributed by atoms with Gasteiger partial charge in [-0.3, -0.25) is 0 Å². The number of carboxylic acids is 1. The molecule has 0 saturated heterocycles. The van der Waals surface area contributed by atoms with Crippen LogP contribution < -0.4 is 48.9 Å². The Morgan fingerprint density at radius 1 is 1.00 bits per heavy atom. The predicted octanol–water partition coefficient (Wildman–Crippen LogP) is -1.75. The van der Waals surface area contributed by atoms with Crippen molar-refractivity contribution in [1.29, 1.82) is 0 Å². The van der Waals surface area contributed by atoms with E-state index >= 15 is 0 Å². The summed E-state index contributed by atoms with van der Waals surface area (Å²) >= 11 is 0. The molecule has 0 spiro atoms. The SMILES string of the molecule is CCOc1cc(C(=O)[O-])cc(OCC)c1OCC.[Na+]. The second-order valence-corrected chi connectivity index (χ2v) is 3.39. The Hall–Kier alpha value is -0.910. The van der Waals surface area contributed by atoms with Gasteiger partial charge in [0.05, 0.1) is 25.8 Å². The first-order chi connectivity index (χ1) is 8.63. The Bertz CT molecular complexity index is 392. The Balaban J connectivity index is 0.00000324. The first-order valence-corrected chi connectivity index (χ1v) is 5.91. The normalized spacial score (nSPS) is 9.42. The molecule has 0 heterocycles. The van der Waals surface area contributed by atoms with Gasteiger partial charge in [-0.25, -0.2) is 0 Å². The third-order valence-corrected chi connectivity index (χ3v) is 2.14. The number of carbonyl (C=O) groups excluding carboxylic acids is 1. The number of carbonyl (C=O) groups is 1. The summed E-state index contributed by atoms with van der Waals surface area (Å²) in [6, 6.07) is 2.76. The first kappa shape index (κ1) is 18.1. The summed E-state index contributed by atoms with van der Waals surface area (Å²) in [6.45, 7) is 6.69. The fourth-order valence-electron chi connectivity index (χ4n) is 1.51. The van der Waals surface area contributed by atoms with E-state index in [0.29, 0.717) is 37.1 Å². The summed E-state index contributed by atoms with van der Waals surface area (Å²) in [6.07, 6.45) is 0. The average molecular weight is 276 g/mol. The van der Waals surface area contributed by atoms with Gasteiger partial charge in [-0.05, 0) is 32.9 Å². The average Bonchev–Trinajstić information content (AvgIpc) is 2.33. The summed E-state index contributed by atoms with van der Waals surface area (Å²) in [5, 5.41) is 10.9. The quantitative estimate of drug-likeness (QED) is 0.553. The van der Waals surface area contributed by atoms with E-state index in [1.165, 1.54) is 12.1 Å². The molecule has 0 aliphatic rings. The molecule has 19 heavy (non-hydrogen) atoms. The van der Waals surface area contributed by atoms with Crippen molar-refractivity contribution in [3.63, 3.8) is 0 Å². The zero-order chi connectivity index (χ0) is 13.5. The fraction of sp³-hybridized carbons (Fsp3) is 0.462. The summed E-state index contributed by atoms with van der Waals surface area (Å²) in [5.41, 5.74) is 0.00496. The maximum absolute atomic E-state index is 10.9. The summed E-state index contributed by atoms with van der Waals surface area (Å²) in [5.74, 6) is -0.153. The minimum absolute atomic E-state index is 0. The van der Waals surface area contributed by atoms with Crippen molar-refractivity contribution in [2.45, 2.75) is 20.8 Å². The molecular weight excluding hydrogens is 259 g/mol. The number of carboxylic acid groups (broad SMARTS) is 1. The van der Waals surface area contributed by atoms with E-state index in [9.17, 15) is 9.90 Å². The molecule has 0 atom stereocenters. The van der Waals surface area contributed by atoms with Gasteiger partial charge in [-0.1, -0.05) is 0 Å². The van der Waals surface area contributed by atoms with Gasteiger partial charge in [0, 0.05) is 5.56 Å². The molecule has 5 nitrogen and oxygen atoms in total. The molecule has 0 N–H and O–H groups in total. The van der Waals surface area contributed by atoms with Gasteiger partial charge in [0.1, 0.15) is 0 Å². The Kier molecular flexibility index (Phi) is 8.63. The molecule has 0 aliphatic heterocycles. The van der Waals surface area contributed by atoms with Gasteiger partial charge < -0.3 is 24.1 Å². The van der Waals surface area contributed by atoms with Crippen LogP contribution >= 0.6 is 0 Å². The van der Waals surface area contributed by atoms with Crippen LogP contribution in [0.3, 0.4) is 0 Å². The standard InChI is InChI=1S/C13H18O5.Na/c1-4-16-10-7-9(13(14)15)8-11(17-5-2)12(10)18-6-3;/h7-8H,4-6H2,1-3H3,(H,14,15);/q;+1/p-1. The van der Waals surface area contributed by atoms with Crippen molar-refractivity contribution in [1.82, 2.24) is 0 Å². The van der Waals surface area contributed by atoms with Crippen LogP contribution in [0.15, 0.2) is 12.1 Å². The molecular formula is C13H17NaO5. The van der Waals surface area contributed by atoms with Crippen LogP contribution in [0.5, 0.6) is 17.2 Å². The number of ether oxygens (including phenoxy) is 3. The molecule has 0 aromatic heterocycles. The molecule has 0 bridgehead atoms. The van der Waals surface area contributed by atoms with Crippen molar-refractivity contribution in [2.24, 2.45) is 0 Å². The van der Waals surface area contributed by atoms with Crippen LogP contribution in [0.4, 0.5) is 0 Å². The van der Waals surface area contributed by atoms with Crippen molar-refractivity contribution in [3.8, 4) is 17.2 Å². The Morgan fingerprint density at radius 2 is 1.42 bits per heavy atom. The number of rotatable bonds is 7. The molecule has 0 radical (unpaired) electrons. The first-order valence-electron chi connectivity index (χ1n) is 5.91. The maximum Gasteiger partial charge on any atom is 1.00 e. The molecule has 1 rings (SSSR count). The minimum Gasteiger partial charge on any atom is -0.545 e. The van der Waals surface area contributed by atoms with Gasteiger partial charge in [0.2, 0.25) is 5.75 Å². The Labute approximate surface area is 135 Å². The van der Waals surface area contributed by atoms with Gasteiger partial charge >= 0.3 is 29.6 Å². The second-order valence-electron chi connectivity index (χ2n) is 3.39. The molecule has 0 aliphatic carbocycles. The van der Waals surface area contributed by atoms with Gasteiger partial charge in [0.25, 0.3) is 0 Å². The molecule has 0 saturated carbocycles. The molecule has 6 heteroatoms. The van der Waals surface area contributed by atoms with E-state index in [2.05, 4.69) is 0 Å². The van der Waals surface area contributed by atoms with Crippen LogP contribution in [0.1, 0.15) is 31.1 Å². The van der Waals surface area contributed by atoms with E-state index in [4.69, 9.17) is 14.2 Å². The molecule has 100 valence electrons. The van der Waals surface area contributed by atoms with Gasteiger partial charge in [-0.2, -0.15) is 0 Å². The van der Waals surface area contributed by atoms with E-state index in [0.717, 1.165) is 0 Å². The van der Waals surface area contributed by atoms with Crippen molar-refractivity contribution < 1.29 is 53.7 Å². The van der Waals surface area contributed by atoms with Crippen LogP contribution in [0, 0.1) is 0 Å². The number of hydrogen-bond donors (Lipinski definition) is 0. The number of hydrogen-bond acceptors (Lipinski definition) is 5. The monoisotopic (exact) mass is 276 g/mol. The predicted molar refractivity (Wildman–Crippen MR) is 64.3 cm³/mol. The summed E-state index contributed by atoms with van der Waals surface area (Å²) in [4.78, 5) is 10.9. The largest absolute Gasteiger partial charge is 1.00 e.